The van der Waals surface area contributed by atoms with Gasteiger partial charge in [0.05, 0.1) is 23.4 Å². The van der Waals surface area contributed by atoms with Crippen LogP contribution in [-0.4, -0.2) is 29.1 Å². The number of aromatic nitrogens is 2. The minimum atomic E-state index is -0.296. The summed E-state index contributed by atoms with van der Waals surface area (Å²) in [6.07, 6.45) is 1.59. The van der Waals surface area contributed by atoms with E-state index in [1.54, 1.807) is 18.3 Å². The van der Waals surface area contributed by atoms with Crippen LogP contribution in [0.2, 0.25) is 0 Å². The van der Waals surface area contributed by atoms with Gasteiger partial charge in [0.15, 0.2) is 5.13 Å². The Bertz CT molecular complexity index is 863. The van der Waals surface area contributed by atoms with Gasteiger partial charge in [-0.1, -0.05) is 11.3 Å². The van der Waals surface area contributed by atoms with Crippen LogP contribution in [0.1, 0.15) is 24.2 Å². The Morgan fingerprint density at radius 3 is 2.83 bits per heavy atom. The fraction of sp³-hybridized carbons (Fsp3) is 0.235. The molecule has 0 spiro atoms. The number of anilines is 1. The number of nitrogens with zero attached hydrogens (tertiary/aromatic N) is 2. The predicted molar refractivity (Wildman–Crippen MR) is 94.1 cm³/mol. The van der Waals surface area contributed by atoms with Gasteiger partial charge in [0.1, 0.15) is 11.3 Å². The molecule has 0 unspecified atom stereocenters. The molecule has 0 saturated carbocycles. The Kier molecular flexibility index (Phi) is 4.90. The molecular formula is C17H17N3O3S. The number of fused-ring (bicyclic) bond motifs is 1. The summed E-state index contributed by atoms with van der Waals surface area (Å²) in [5.74, 6) is 0.810. The number of rotatable bonds is 6. The summed E-state index contributed by atoms with van der Waals surface area (Å²) < 4.78 is 11.8. The van der Waals surface area contributed by atoms with Crippen LogP contribution in [0.4, 0.5) is 5.13 Å². The highest BCUT2D eigenvalue weighted by molar-refractivity contribution is 7.22. The minimum Gasteiger partial charge on any atom is -0.494 e. The van der Waals surface area contributed by atoms with Crippen molar-refractivity contribution in [2.75, 3.05) is 18.5 Å². The van der Waals surface area contributed by atoms with Crippen LogP contribution < -0.4 is 14.8 Å². The third-order valence-electron chi connectivity index (χ3n) is 3.19. The van der Waals surface area contributed by atoms with Gasteiger partial charge in [-0.15, -0.1) is 0 Å². The molecule has 24 heavy (non-hydrogen) atoms. The Morgan fingerprint density at radius 1 is 1.21 bits per heavy atom. The highest BCUT2D eigenvalue weighted by Gasteiger charge is 2.15. The van der Waals surface area contributed by atoms with Crippen LogP contribution in [0, 0.1) is 0 Å². The van der Waals surface area contributed by atoms with Crippen LogP contribution in [-0.2, 0) is 0 Å². The summed E-state index contributed by atoms with van der Waals surface area (Å²) in [7, 11) is 0. The lowest BCUT2D eigenvalue weighted by atomic mass is 10.2. The lowest BCUT2D eigenvalue weighted by Gasteiger charge is -2.07. The fourth-order valence-corrected chi connectivity index (χ4v) is 3.08. The van der Waals surface area contributed by atoms with Crippen molar-refractivity contribution in [3.8, 4) is 11.6 Å². The summed E-state index contributed by atoms with van der Waals surface area (Å²) in [6.45, 7) is 4.83. The zero-order valence-corrected chi connectivity index (χ0v) is 14.2. The van der Waals surface area contributed by atoms with Crippen molar-refractivity contribution in [1.82, 2.24) is 9.97 Å². The standard InChI is InChI=1S/C17H17N3O3S/c1-3-22-11-7-8-13-14(10-11)24-17(19-13)20-15(21)12-6-5-9-18-16(12)23-4-2/h5-10H,3-4H2,1-2H3,(H,19,20,21). The number of hydrogen-bond donors (Lipinski definition) is 1. The molecule has 0 aliphatic carbocycles. The molecular weight excluding hydrogens is 326 g/mol. The second-order valence-electron chi connectivity index (χ2n) is 4.82. The number of thiazole rings is 1. The van der Waals surface area contributed by atoms with Crippen LogP contribution in [0.25, 0.3) is 10.2 Å². The van der Waals surface area contributed by atoms with E-state index in [0.29, 0.717) is 29.8 Å². The molecule has 2 heterocycles. The number of benzene rings is 1. The van der Waals surface area contributed by atoms with Crippen molar-refractivity contribution < 1.29 is 14.3 Å². The van der Waals surface area contributed by atoms with E-state index < -0.39 is 0 Å². The number of nitrogens with one attached hydrogen (secondary N) is 1. The molecule has 1 N–H and O–H groups in total. The first-order chi connectivity index (χ1) is 11.7. The summed E-state index contributed by atoms with van der Waals surface area (Å²) in [6, 6.07) is 9.04. The van der Waals surface area contributed by atoms with Crippen molar-refractivity contribution >= 4 is 32.6 Å². The quantitative estimate of drug-likeness (QED) is 0.738. The molecule has 6 nitrogen and oxygen atoms in total. The normalized spacial score (nSPS) is 10.6. The summed E-state index contributed by atoms with van der Waals surface area (Å²) in [5.41, 5.74) is 1.20. The molecule has 0 aliphatic rings. The van der Waals surface area contributed by atoms with E-state index in [9.17, 15) is 4.79 Å². The van der Waals surface area contributed by atoms with E-state index in [1.807, 2.05) is 32.0 Å². The maximum atomic E-state index is 12.5. The fourth-order valence-electron chi connectivity index (χ4n) is 2.19. The Morgan fingerprint density at radius 2 is 2.04 bits per heavy atom. The van der Waals surface area contributed by atoms with Crippen molar-refractivity contribution in [1.29, 1.82) is 0 Å². The van der Waals surface area contributed by atoms with Crippen molar-refractivity contribution in [3.63, 3.8) is 0 Å². The third kappa shape index (κ3) is 3.46. The molecule has 0 aliphatic heterocycles. The number of pyridine rings is 1. The topological polar surface area (TPSA) is 73.3 Å². The molecule has 0 fully saturated rings. The molecule has 124 valence electrons. The number of ether oxygens (including phenoxy) is 2. The molecule has 0 radical (unpaired) electrons. The van der Waals surface area contributed by atoms with Gasteiger partial charge in [-0.2, -0.15) is 0 Å². The van der Waals surface area contributed by atoms with Gasteiger partial charge in [0.2, 0.25) is 5.88 Å². The molecule has 7 heteroatoms. The van der Waals surface area contributed by atoms with Crippen molar-refractivity contribution in [3.05, 3.63) is 42.1 Å². The van der Waals surface area contributed by atoms with Crippen LogP contribution in [0.3, 0.4) is 0 Å². The Balaban J connectivity index is 1.83. The van der Waals surface area contributed by atoms with Gasteiger partial charge in [0.25, 0.3) is 5.91 Å². The lowest BCUT2D eigenvalue weighted by molar-refractivity contribution is 0.102. The van der Waals surface area contributed by atoms with E-state index in [-0.39, 0.29) is 5.91 Å². The maximum Gasteiger partial charge on any atom is 0.262 e. The SMILES string of the molecule is CCOc1ccc2nc(NC(=O)c3cccnc3OCC)sc2c1. The number of amides is 1. The first kappa shape index (κ1) is 16.2. The molecule has 3 aromatic rings. The van der Waals surface area contributed by atoms with Crippen LogP contribution in [0.15, 0.2) is 36.5 Å². The highest BCUT2D eigenvalue weighted by Crippen LogP contribution is 2.30. The molecule has 3 rings (SSSR count). The van der Waals surface area contributed by atoms with Gasteiger partial charge >= 0.3 is 0 Å². The third-order valence-corrected chi connectivity index (χ3v) is 4.12. The number of carbonyl (C=O) groups is 1. The first-order valence-corrected chi connectivity index (χ1v) is 8.45. The largest absolute Gasteiger partial charge is 0.494 e. The summed E-state index contributed by atoms with van der Waals surface area (Å²) in [5, 5.41) is 3.33. The number of carbonyl (C=O) groups excluding carboxylic acids is 1. The molecule has 0 bridgehead atoms. The zero-order chi connectivity index (χ0) is 16.9. The molecule has 1 amide bonds. The van der Waals surface area contributed by atoms with Gasteiger partial charge in [-0.05, 0) is 44.2 Å². The average Bonchev–Trinajstić information content (AvgIpc) is 2.97. The van der Waals surface area contributed by atoms with E-state index in [0.717, 1.165) is 16.0 Å². The molecule has 1 aromatic carbocycles. The highest BCUT2D eigenvalue weighted by atomic mass is 32.1. The molecule has 0 saturated heterocycles. The van der Waals surface area contributed by atoms with Crippen LogP contribution >= 0.6 is 11.3 Å². The van der Waals surface area contributed by atoms with Gasteiger partial charge in [0, 0.05) is 6.20 Å². The smallest absolute Gasteiger partial charge is 0.262 e. The van der Waals surface area contributed by atoms with Crippen molar-refractivity contribution in [2.24, 2.45) is 0 Å². The lowest BCUT2D eigenvalue weighted by Crippen LogP contribution is -2.14. The predicted octanol–water partition coefficient (Wildman–Crippen LogP) is 3.74. The monoisotopic (exact) mass is 343 g/mol. The Hall–Kier alpha value is -2.67. The van der Waals surface area contributed by atoms with E-state index in [1.165, 1.54) is 11.3 Å². The van der Waals surface area contributed by atoms with E-state index in [4.69, 9.17) is 9.47 Å². The van der Waals surface area contributed by atoms with Gasteiger partial charge in [-0.3, -0.25) is 10.1 Å². The summed E-state index contributed by atoms with van der Waals surface area (Å²) in [4.78, 5) is 21.0. The summed E-state index contributed by atoms with van der Waals surface area (Å²) >= 11 is 1.40. The van der Waals surface area contributed by atoms with Crippen molar-refractivity contribution in [2.45, 2.75) is 13.8 Å². The first-order valence-electron chi connectivity index (χ1n) is 7.63. The second-order valence-corrected chi connectivity index (χ2v) is 5.86. The average molecular weight is 343 g/mol. The van der Waals surface area contributed by atoms with E-state index >= 15 is 0 Å². The number of hydrogen-bond acceptors (Lipinski definition) is 6. The van der Waals surface area contributed by atoms with Gasteiger partial charge in [-0.25, -0.2) is 9.97 Å². The van der Waals surface area contributed by atoms with Gasteiger partial charge < -0.3 is 9.47 Å². The molecule has 0 atom stereocenters. The molecule has 2 aromatic heterocycles. The maximum absolute atomic E-state index is 12.5. The van der Waals surface area contributed by atoms with E-state index in [2.05, 4.69) is 15.3 Å². The minimum absolute atomic E-state index is 0.296. The zero-order valence-electron chi connectivity index (χ0n) is 13.4. The van der Waals surface area contributed by atoms with Crippen LogP contribution in [0.5, 0.6) is 11.6 Å². The Labute approximate surface area is 143 Å². The second kappa shape index (κ2) is 7.27.